The predicted octanol–water partition coefficient (Wildman–Crippen LogP) is 6.73. The molecule has 2 aromatic rings. The van der Waals surface area contributed by atoms with Crippen LogP contribution in [0, 0.1) is 11.3 Å². The van der Waals surface area contributed by atoms with Gasteiger partial charge in [0.25, 0.3) is 0 Å². The Bertz CT molecular complexity index is 874. The van der Waals surface area contributed by atoms with E-state index in [9.17, 15) is 4.79 Å². The highest BCUT2D eigenvalue weighted by atomic mass is 16.1. The Morgan fingerprint density at radius 2 is 1.39 bits per heavy atom. The van der Waals surface area contributed by atoms with E-state index in [0.29, 0.717) is 42.3 Å². The maximum Gasteiger partial charge on any atom is 0.139 e. The van der Waals surface area contributed by atoms with Crippen molar-refractivity contribution in [1.29, 1.82) is 0 Å². The van der Waals surface area contributed by atoms with Crippen molar-refractivity contribution in [2.24, 2.45) is 21.6 Å². The van der Waals surface area contributed by atoms with Crippen molar-refractivity contribution in [2.45, 2.75) is 39.0 Å². The first-order valence-electron chi connectivity index (χ1n) is 9.36. The number of ketones is 1. The third-order valence-electron chi connectivity index (χ3n) is 5.47. The molecule has 1 atom stereocenters. The van der Waals surface area contributed by atoms with Gasteiger partial charge in [-0.1, -0.05) is 65.7 Å². The first-order valence-corrected chi connectivity index (χ1v) is 9.36. The monoisotopic (exact) mass is 374 g/mol. The van der Waals surface area contributed by atoms with Gasteiger partial charge >= 0.3 is 0 Å². The zero-order valence-corrected chi connectivity index (χ0v) is 15.8. The van der Waals surface area contributed by atoms with E-state index in [-0.39, 0.29) is 0 Å². The lowest BCUT2D eigenvalue weighted by atomic mass is 9.63. The molecule has 1 aliphatic rings. The molecule has 0 radical (unpaired) electrons. The number of hydrogen-bond donors (Lipinski definition) is 0. The highest BCUT2D eigenvalue weighted by molar-refractivity contribution is 5.86. The number of carbonyl (C=O) groups excluding carboxylic acids is 1. The van der Waals surface area contributed by atoms with Crippen LogP contribution in [0.4, 0.5) is 11.4 Å². The Balaban J connectivity index is 1.90. The molecule has 0 saturated heterocycles. The smallest absolute Gasteiger partial charge is 0.139 e. The number of carbonyl (C=O) groups is 1. The molecule has 1 saturated carbocycles. The minimum absolute atomic E-state index is 0.309. The maximum atomic E-state index is 13.1. The molecule has 0 spiro atoms. The van der Waals surface area contributed by atoms with Crippen molar-refractivity contribution in [3.05, 3.63) is 80.5 Å². The van der Waals surface area contributed by atoms with Crippen LogP contribution in [0.15, 0.2) is 58.8 Å². The lowest BCUT2D eigenvalue weighted by Crippen LogP contribution is -2.41. The van der Waals surface area contributed by atoms with Crippen molar-refractivity contribution in [3.8, 4) is 0 Å². The first-order chi connectivity index (χ1) is 13.5. The second kappa shape index (κ2) is 8.61. The Morgan fingerprint density at radius 3 is 1.82 bits per heavy atom. The van der Waals surface area contributed by atoms with Crippen LogP contribution < -0.4 is 0 Å². The van der Waals surface area contributed by atoms with Gasteiger partial charge in [0.1, 0.15) is 5.78 Å². The van der Waals surface area contributed by atoms with Gasteiger partial charge in [-0.25, -0.2) is 0 Å². The summed E-state index contributed by atoms with van der Waals surface area (Å²) in [5.74, 6) is 0.798. The lowest BCUT2D eigenvalue weighted by Gasteiger charge is -2.39. The third kappa shape index (κ3) is 4.52. The second-order valence-electron chi connectivity index (χ2n) is 7.62. The predicted molar refractivity (Wildman–Crippen MR) is 108 cm³/mol. The summed E-state index contributed by atoms with van der Waals surface area (Å²) in [6.45, 7) is 2.21. The zero-order valence-electron chi connectivity index (χ0n) is 15.8. The quantitative estimate of drug-likeness (QED) is 0.311. The summed E-state index contributed by atoms with van der Waals surface area (Å²) in [6.07, 6.45) is 3.71. The number of benzene rings is 2. The van der Waals surface area contributed by atoms with Gasteiger partial charge in [-0.05, 0) is 53.8 Å². The Morgan fingerprint density at radius 1 is 0.929 bits per heavy atom. The van der Waals surface area contributed by atoms with Gasteiger partial charge in [0.15, 0.2) is 0 Å². The summed E-state index contributed by atoms with van der Waals surface area (Å²) in [5.41, 5.74) is 19.9. The Kier molecular flexibility index (Phi) is 5.99. The molecule has 28 heavy (non-hydrogen) atoms. The van der Waals surface area contributed by atoms with Crippen LogP contribution in [0.25, 0.3) is 20.9 Å². The van der Waals surface area contributed by atoms with Crippen LogP contribution in [-0.2, 0) is 17.6 Å². The molecule has 1 fully saturated rings. The summed E-state index contributed by atoms with van der Waals surface area (Å²) < 4.78 is 0. The second-order valence-corrected chi connectivity index (χ2v) is 7.62. The highest BCUT2D eigenvalue weighted by Crippen LogP contribution is 2.42. The maximum absolute atomic E-state index is 13.1. The van der Waals surface area contributed by atoms with Crippen molar-refractivity contribution in [3.63, 3.8) is 0 Å². The molecule has 142 valence electrons. The normalized spacial score (nSPS) is 21.5. The third-order valence-corrected chi connectivity index (χ3v) is 5.47. The van der Waals surface area contributed by atoms with Crippen molar-refractivity contribution in [2.75, 3.05) is 0 Å². The standard InChI is InChI=1S/C21H22N6O/c1-15-2-11-20(28)21(12-15,13-16-3-7-18(8-4-16)24-26-22)14-17-5-9-19(10-6-17)25-27-23/h3-10,15H,2,11-14H2,1H3. The van der Waals surface area contributed by atoms with E-state index in [1.807, 2.05) is 24.3 Å². The van der Waals surface area contributed by atoms with Crippen molar-refractivity contribution < 1.29 is 4.79 Å². The van der Waals surface area contributed by atoms with E-state index >= 15 is 0 Å². The molecule has 0 bridgehead atoms. The zero-order chi connectivity index (χ0) is 20.0. The van der Waals surface area contributed by atoms with E-state index in [0.717, 1.165) is 24.0 Å². The van der Waals surface area contributed by atoms with Gasteiger partial charge in [0.2, 0.25) is 0 Å². The van der Waals surface area contributed by atoms with Crippen molar-refractivity contribution >= 4 is 17.2 Å². The van der Waals surface area contributed by atoms with E-state index in [1.165, 1.54) is 0 Å². The lowest BCUT2D eigenvalue weighted by molar-refractivity contribution is -0.132. The van der Waals surface area contributed by atoms with Crippen LogP contribution >= 0.6 is 0 Å². The summed E-state index contributed by atoms with van der Waals surface area (Å²) in [5, 5.41) is 7.22. The van der Waals surface area contributed by atoms with E-state index in [2.05, 4.69) is 27.0 Å². The molecule has 3 rings (SSSR count). The molecule has 1 aliphatic carbocycles. The minimum Gasteiger partial charge on any atom is -0.299 e. The summed E-state index contributed by atoms with van der Waals surface area (Å²) in [4.78, 5) is 18.7. The number of azide groups is 2. The summed E-state index contributed by atoms with van der Waals surface area (Å²) in [6, 6.07) is 14.9. The largest absolute Gasteiger partial charge is 0.299 e. The van der Waals surface area contributed by atoms with E-state index in [4.69, 9.17) is 11.1 Å². The SMILES string of the molecule is CC1CCC(=O)C(Cc2ccc(N=[N+]=[N-])cc2)(Cc2ccc(N=[N+]=[N-])cc2)C1. The Hall–Kier alpha value is -3.27. The van der Waals surface area contributed by atoms with Crippen LogP contribution in [-0.4, -0.2) is 5.78 Å². The number of nitrogens with zero attached hydrogens (tertiary/aromatic N) is 6. The average molecular weight is 374 g/mol. The average Bonchev–Trinajstić information content (AvgIpc) is 2.69. The molecule has 1 unspecified atom stereocenters. The fourth-order valence-corrected chi connectivity index (χ4v) is 4.18. The summed E-state index contributed by atoms with van der Waals surface area (Å²) >= 11 is 0. The molecule has 7 heteroatoms. The van der Waals surface area contributed by atoms with Gasteiger partial charge in [-0.15, -0.1) is 0 Å². The van der Waals surface area contributed by atoms with Crippen LogP contribution in [0.2, 0.25) is 0 Å². The molecule has 0 amide bonds. The molecule has 0 aliphatic heterocycles. The highest BCUT2D eigenvalue weighted by Gasteiger charge is 2.42. The molecule has 0 N–H and O–H groups in total. The van der Waals surface area contributed by atoms with Crippen LogP contribution in [0.1, 0.15) is 37.3 Å². The topological polar surface area (TPSA) is 115 Å². The Labute approximate surface area is 163 Å². The van der Waals surface area contributed by atoms with Gasteiger partial charge in [-0.3, -0.25) is 4.79 Å². The van der Waals surface area contributed by atoms with Gasteiger partial charge < -0.3 is 0 Å². The van der Waals surface area contributed by atoms with Gasteiger partial charge in [0, 0.05) is 33.0 Å². The van der Waals surface area contributed by atoms with Gasteiger partial charge in [-0.2, -0.15) is 0 Å². The number of Topliss-reactive ketones (excluding diaryl/α,β-unsaturated/α-hetero) is 1. The molecule has 7 nitrogen and oxygen atoms in total. The van der Waals surface area contributed by atoms with Crippen LogP contribution in [0.5, 0.6) is 0 Å². The van der Waals surface area contributed by atoms with Crippen LogP contribution in [0.3, 0.4) is 0 Å². The van der Waals surface area contributed by atoms with Gasteiger partial charge in [0.05, 0.1) is 0 Å². The first kappa shape index (κ1) is 19.5. The fourth-order valence-electron chi connectivity index (χ4n) is 4.18. The van der Waals surface area contributed by atoms with E-state index < -0.39 is 5.41 Å². The minimum atomic E-state index is -0.447. The molecule has 0 aromatic heterocycles. The van der Waals surface area contributed by atoms with Crippen molar-refractivity contribution in [1.82, 2.24) is 0 Å². The fraction of sp³-hybridized carbons (Fsp3) is 0.381. The molecular formula is C21H22N6O. The van der Waals surface area contributed by atoms with E-state index in [1.54, 1.807) is 24.3 Å². The number of rotatable bonds is 6. The summed E-state index contributed by atoms with van der Waals surface area (Å²) in [7, 11) is 0. The molecular weight excluding hydrogens is 352 g/mol. The number of hydrogen-bond acceptors (Lipinski definition) is 3. The molecule has 0 heterocycles. The molecule has 2 aromatic carbocycles.